The molecule has 2 aromatic carbocycles. The monoisotopic (exact) mass is 283 g/mol. The van der Waals surface area contributed by atoms with E-state index < -0.39 is 0 Å². The van der Waals surface area contributed by atoms with Gasteiger partial charge in [-0.05, 0) is 49.1 Å². The summed E-state index contributed by atoms with van der Waals surface area (Å²) >= 11 is 0. The maximum atomic E-state index is 5.73. The Morgan fingerprint density at radius 2 is 1.71 bits per heavy atom. The van der Waals surface area contributed by atoms with Gasteiger partial charge in [-0.15, -0.1) is 0 Å². The average Bonchev–Trinajstić information content (AvgIpc) is 2.47. The molecule has 0 saturated heterocycles. The minimum atomic E-state index is 0.213. The predicted octanol–water partition coefficient (Wildman–Crippen LogP) is 4.33. The third-order valence-corrected chi connectivity index (χ3v) is 3.41. The molecule has 0 radical (unpaired) electrons. The lowest BCUT2D eigenvalue weighted by Crippen LogP contribution is -2.14. The number of hydrogen-bond donors (Lipinski definition) is 1. The first kappa shape index (κ1) is 15.6. The fourth-order valence-electron chi connectivity index (χ4n) is 2.42. The highest BCUT2D eigenvalue weighted by Crippen LogP contribution is 2.15. The summed E-state index contributed by atoms with van der Waals surface area (Å²) in [6.45, 7) is 8.05. The summed E-state index contributed by atoms with van der Waals surface area (Å²) in [4.78, 5) is 0. The van der Waals surface area contributed by atoms with Crippen LogP contribution in [0.15, 0.2) is 48.5 Å². The smallest absolute Gasteiger partial charge is 0.120 e. The molecule has 0 heterocycles. The van der Waals surface area contributed by atoms with Crippen molar-refractivity contribution < 1.29 is 4.74 Å². The molecule has 0 aliphatic carbocycles. The van der Waals surface area contributed by atoms with E-state index in [1.165, 1.54) is 16.7 Å². The van der Waals surface area contributed by atoms with E-state index in [4.69, 9.17) is 4.74 Å². The second kappa shape index (κ2) is 7.84. The highest BCUT2D eigenvalue weighted by atomic mass is 16.5. The van der Waals surface area contributed by atoms with Crippen molar-refractivity contribution in [1.82, 2.24) is 5.32 Å². The van der Waals surface area contributed by atoms with Crippen LogP contribution in [0.4, 0.5) is 0 Å². The molecule has 21 heavy (non-hydrogen) atoms. The SMILES string of the molecule is CCc1ccccc1CNCc1cccc(OC(C)C)c1. The summed E-state index contributed by atoms with van der Waals surface area (Å²) in [6, 6.07) is 16.9. The summed E-state index contributed by atoms with van der Waals surface area (Å²) in [5.74, 6) is 0.943. The molecular weight excluding hydrogens is 258 g/mol. The minimum Gasteiger partial charge on any atom is -0.491 e. The number of aryl methyl sites for hydroxylation is 1. The van der Waals surface area contributed by atoms with Gasteiger partial charge in [0.2, 0.25) is 0 Å². The van der Waals surface area contributed by atoms with Crippen LogP contribution in [-0.4, -0.2) is 6.10 Å². The molecule has 0 spiro atoms. The molecular formula is C19H25NO. The second-order valence-corrected chi connectivity index (χ2v) is 5.54. The Bertz CT molecular complexity index is 563. The van der Waals surface area contributed by atoms with Gasteiger partial charge in [0, 0.05) is 13.1 Å². The van der Waals surface area contributed by atoms with Gasteiger partial charge >= 0.3 is 0 Å². The molecule has 0 amide bonds. The normalized spacial score (nSPS) is 10.9. The summed E-state index contributed by atoms with van der Waals surface area (Å²) in [5.41, 5.74) is 4.05. The Kier molecular flexibility index (Phi) is 5.82. The van der Waals surface area contributed by atoms with Crippen molar-refractivity contribution in [2.75, 3.05) is 0 Å². The highest BCUT2D eigenvalue weighted by molar-refractivity contribution is 5.29. The Morgan fingerprint density at radius 1 is 0.952 bits per heavy atom. The quantitative estimate of drug-likeness (QED) is 0.817. The van der Waals surface area contributed by atoms with Gasteiger partial charge in [-0.2, -0.15) is 0 Å². The number of hydrogen-bond acceptors (Lipinski definition) is 2. The summed E-state index contributed by atoms with van der Waals surface area (Å²) in [7, 11) is 0. The molecule has 0 aromatic heterocycles. The van der Waals surface area contributed by atoms with Crippen molar-refractivity contribution in [2.45, 2.75) is 46.4 Å². The first-order chi connectivity index (χ1) is 10.2. The maximum absolute atomic E-state index is 5.73. The lowest BCUT2D eigenvalue weighted by atomic mass is 10.1. The lowest BCUT2D eigenvalue weighted by molar-refractivity contribution is 0.242. The van der Waals surface area contributed by atoms with Crippen LogP contribution < -0.4 is 10.1 Å². The van der Waals surface area contributed by atoms with Crippen LogP contribution in [0, 0.1) is 0 Å². The average molecular weight is 283 g/mol. The highest BCUT2D eigenvalue weighted by Gasteiger charge is 2.01. The van der Waals surface area contributed by atoms with Crippen molar-refractivity contribution in [3.8, 4) is 5.75 Å². The van der Waals surface area contributed by atoms with E-state index in [1.807, 2.05) is 19.9 Å². The van der Waals surface area contributed by atoms with E-state index in [0.29, 0.717) is 0 Å². The molecule has 2 nitrogen and oxygen atoms in total. The predicted molar refractivity (Wildman–Crippen MR) is 88.6 cm³/mol. The standard InChI is InChI=1S/C19H25NO/c1-4-17-9-5-6-10-18(17)14-20-13-16-8-7-11-19(12-16)21-15(2)3/h5-12,15,20H,4,13-14H2,1-3H3. The van der Waals surface area contributed by atoms with Crippen molar-refractivity contribution in [3.05, 3.63) is 65.2 Å². The van der Waals surface area contributed by atoms with E-state index in [9.17, 15) is 0 Å². The van der Waals surface area contributed by atoms with Crippen LogP contribution in [0.2, 0.25) is 0 Å². The minimum absolute atomic E-state index is 0.213. The number of rotatable bonds is 7. The van der Waals surface area contributed by atoms with Crippen molar-refractivity contribution >= 4 is 0 Å². The molecule has 0 aliphatic heterocycles. The Balaban J connectivity index is 1.91. The van der Waals surface area contributed by atoms with Crippen LogP contribution >= 0.6 is 0 Å². The van der Waals surface area contributed by atoms with E-state index in [2.05, 4.69) is 54.7 Å². The van der Waals surface area contributed by atoms with E-state index in [0.717, 1.165) is 25.3 Å². The van der Waals surface area contributed by atoms with Gasteiger partial charge in [0.15, 0.2) is 0 Å². The molecule has 0 unspecified atom stereocenters. The van der Waals surface area contributed by atoms with Crippen molar-refractivity contribution in [2.24, 2.45) is 0 Å². The van der Waals surface area contributed by atoms with Gasteiger partial charge in [0.25, 0.3) is 0 Å². The largest absolute Gasteiger partial charge is 0.491 e. The molecule has 2 aromatic rings. The van der Waals surface area contributed by atoms with Gasteiger partial charge in [-0.3, -0.25) is 0 Å². The van der Waals surface area contributed by atoms with Crippen LogP contribution in [0.5, 0.6) is 5.75 Å². The Labute approximate surface area is 128 Å². The third kappa shape index (κ3) is 4.91. The Hall–Kier alpha value is -1.80. The number of nitrogens with one attached hydrogen (secondary N) is 1. The lowest BCUT2D eigenvalue weighted by Gasteiger charge is -2.12. The van der Waals surface area contributed by atoms with Gasteiger partial charge in [0.1, 0.15) is 5.75 Å². The van der Waals surface area contributed by atoms with E-state index in [-0.39, 0.29) is 6.10 Å². The molecule has 0 atom stereocenters. The molecule has 112 valence electrons. The molecule has 0 aliphatic rings. The molecule has 1 N–H and O–H groups in total. The van der Waals surface area contributed by atoms with Crippen LogP contribution in [-0.2, 0) is 19.5 Å². The first-order valence-electron chi connectivity index (χ1n) is 7.72. The Morgan fingerprint density at radius 3 is 2.43 bits per heavy atom. The van der Waals surface area contributed by atoms with Gasteiger partial charge in [-0.25, -0.2) is 0 Å². The zero-order valence-electron chi connectivity index (χ0n) is 13.2. The molecule has 0 fully saturated rings. The summed E-state index contributed by atoms with van der Waals surface area (Å²) in [6.07, 6.45) is 1.29. The fourth-order valence-corrected chi connectivity index (χ4v) is 2.42. The molecule has 0 saturated carbocycles. The molecule has 0 bridgehead atoms. The van der Waals surface area contributed by atoms with Crippen molar-refractivity contribution in [3.63, 3.8) is 0 Å². The third-order valence-electron chi connectivity index (χ3n) is 3.41. The van der Waals surface area contributed by atoms with E-state index in [1.54, 1.807) is 0 Å². The second-order valence-electron chi connectivity index (χ2n) is 5.54. The van der Waals surface area contributed by atoms with Crippen molar-refractivity contribution in [1.29, 1.82) is 0 Å². The molecule has 2 heteroatoms. The van der Waals surface area contributed by atoms with Crippen LogP contribution in [0.3, 0.4) is 0 Å². The number of ether oxygens (including phenoxy) is 1. The van der Waals surface area contributed by atoms with E-state index >= 15 is 0 Å². The number of benzene rings is 2. The van der Waals surface area contributed by atoms with Gasteiger partial charge < -0.3 is 10.1 Å². The zero-order valence-corrected chi connectivity index (χ0v) is 13.2. The van der Waals surface area contributed by atoms with Gasteiger partial charge in [0.05, 0.1) is 6.10 Å². The van der Waals surface area contributed by atoms with Gasteiger partial charge in [-0.1, -0.05) is 43.3 Å². The zero-order chi connectivity index (χ0) is 15.1. The van der Waals surface area contributed by atoms with Crippen LogP contribution in [0.25, 0.3) is 0 Å². The van der Waals surface area contributed by atoms with Crippen LogP contribution in [0.1, 0.15) is 37.5 Å². The fraction of sp³-hybridized carbons (Fsp3) is 0.368. The molecule has 2 rings (SSSR count). The topological polar surface area (TPSA) is 21.3 Å². The maximum Gasteiger partial charge on any atom is 0.120 e. The summed E-state index contributed by atoms with van der Waals surface area (Å²) in [5, 5.41) is 3.52. The first-order valence-corrected chi connectivity index (χ1v) is 7.72. The summed E-state index contributed by atoms with van der Waals surface area (Å²) < 4.78 is 5.73.